The summed E-state index contributed by atoms with van der Waals surface area (Å²) >= 11 is 2.31. The molecular weight excluding hydrogens is 415 g/mol. The van der Waals surface area contributed by atoms with Crippen molar-refractivity contribution in [3.05, 3.63) is 56.4 Å². The smallest absolute Gasteiger partial charge is 0.259 e. The fourth-order valence-electron chi connectivity index (χ4n) is 2.81. The molecule has 0 amide bonds. The highest BCUT2D eigenvalue weighted by molar-refractivity contribution is 14.1. The van der Waals surface area contributed by atoms with Crippen molar-refractivity contribution in [2.45, 2.75) is 0 Å². The van der Waals surface area contributed by atoms with Crippen molar-refractivity contribution in [3.8, 4) is 11.4 Å². The quantitative estimate of drug-likeness (QED) is 0.477. The van der Waals surface area contributed by atoms with Gasteiger partial charge in [0.05, 0.1) is 27.8 Å². The van der Waals surface area contributed by atoms with Crippen LogP contribution in [0.3, 0.4) is 0 Å². The molecule has 4 rings (SSSR count). The average Bonchev–Trinajstić information content (AvgIpc) is 2.97. The number of aromatic amines is 2. The maximum atomic E-state index is 12.5. The van der Waals surface area contributed by atoms with Gasteiger partial charge in [-0.1, -0.05) is 12.1 Å². The zero-order valence-corrected chi connectivity index (χ0v) is 15.4. The number of anilines is 1. The third-order valence-corrected chi connectivity index (χ3v) is 4.90. The van der Waals surface area contributed by atoms with E-state index in [1.54, 1.807) is 0 Å². The van der Waals surface area contributed by atoms with E-state index in [0.717, 1.165) is 31.2 Å². The minimum Gasteiger partial charge on any atom is -0.377 e. The van der Waals surface area contributed by atoms with Crippen LogP contribution in [0.5, 0.6) is 0 Å². The van der Waals surface area contributed by atoms with Gasteiger partial charge in [0.2, 0.25) is 0 Å². The topological polar surface area (TPSA) is 64.8 Å². The fourth-order valence-corrected chi connectivity index (χ4v) is 3.79. The van der Waals surface area contributed by atoms with E-state index in [-0.39, 0.29) is 5.56 Å². The number of imidazole rings is 1. The van der Waals surface area contributed by atoms with E-state index in [2.05, 4.69) is 43.6 Å². The predicted molar refractivity (Wildman–Crippen MR) is 107 cm³/mol. The SMILES string of the molecule is CN(C)c1cc2[nH]c(=O)c(-c3nc4ccccc4[nH]3)cc2cc1I. The van der Waals surface area contributed by atoms with Crippen LogP contribution in [0, 0.1) is 3.57 Å². The number of hydrogen-bond acceptors (Lipinski definition) is 3. The van der Waals surface area contributed by atoms with Gasteiger partial charge >= 0.3 is 0 Å². The molecule has 0 saturated carbocycles. The molecule has 0 fully saturated rings. The van der Waals surface area contributed by atoms with Crippen LogP contribution in [-0.4, -0.2) is 29.0 Å². The van der Waals surface area contributed by atoms with Crippen LogP contribution >= 0.6 is 22.6 Å². The zero-order chi connectivity index (χ0) is 16.8. The number of H-pyrrole nitrogens is 2. The Morgan fingerprint density at radius 3 is 2.58 bits per heavy atom. The molecule has 0 saturated heterocycles. The Hall–Kier alpha value is -2.35. The van der Waals surface area contributed by atoms with Crippen LogP contribution in [0.15, 0.2) is 47.3 Å². The summed E-state index contributed by atoms with van der Waals surface area (Å²) in [7, 11) is 3.98. The van der Waals surface area contributed by atoms with E-state index in [1.165, 1.54) is 0 Å². The van der Waals surface area contributed by atoms with Crippen molar-refractivity contribution >= 4 is 50.2 Å². The van der Waals surface area contributed by atoms with Crippen molar-refractivity contribution in [2.24, 2.45) is 0 Å². The summed E-state index contributed by atoms with van der Waals surface area (Å²) in [4.78, 5) is 25.3. The first kappa shape index (κ1) is 15.2. The summed E-state index contributed by atoms with van der Waals surface area (Å²) in [6, 6.07) is 13.7. The molecule has 0 atom stereocenters. The Morgan fingerprint density at radius 2 is 1.83 bits per heavy atom. The summed E-state index contributed by atoms with van der Waals surface area (Å²) in [5.74, 6) is 0.589. The lowest BCUT2D eigenvalue weighted by molar-refractivity contribution is 1.12. The number of rotatable bonds is 2. The molecule has 0 aliphatic carbocycles. The minimum absolute atomic E-state index is 0.146. The summed E-state index contributed by atoms with van der Waals surface area (Å²) in [6.07, 6.45) is 0. The van der Waals surface area contributed by atoms with Crippen molar-refractivity contribution in [2.75, 3.05) is 19.0 Å². The van der Waals surface area contributed by atoms with E-state index in [4.69, 9.17) is 0 Å². The van der Waals surface area contributed by atoms with E-state index in [1.807, 2.05) is 55.4 Å². The van der Waals surface area contributed by atoms with E-state index >= 15 is 0 Å². The number of para-hydroxylation sites is 2. The van der Waals surface area contributed by atoms with E-state index < -0.39 is 0 Å². The van der Waals surface area contributed by atoms with Crippen LogP contribution in [0.4, 0.5) is 5.69 Å². The van der Waals surface area contributed by atoms with Crippen molar-refractivity contribution in [1.29, 1.82) is 0 Å². The lowest BCUT2D eigenvalue weighted by atomic mass is 10.1. The average molecular weight is 430 g/mol. The maximum Gasteiger partial charge on any atom is 0.259 e. The van der Waals surface area contributed by atoms with Crippen molar-refractivity contribution in [3.63, 3.8) is 0 Å². The van der Waals surface area contributed by atoms with Gasteiger partial charge in [-0.15, -0.1) is 0 Å². The van der Waals surface area contributed by atoms with Crippen LogP contribution in [-0.2, 0) is 0 Å². The first-order valence-electron chi connectivity index (χ1n) is 7.52. The number of aromatic nitrogens is 3. The molecule has 0 aliphatic rings. The Morgan fingerprint density at radius 1 is 1.04 bits per heavy atom. The number of halogens is 1. The molecule has 24 heavy (non-hydrogen) atoms. The molecule has 0 radical (unpaired) electrons. The number of pyridine rings is 1. The zero-order valence-electron chi connectivity index (χ0n) is 13.2. The van der Waals surface area contributed by atoms with E-state index in [9.17, 15) is 4.79 Å². The third-order valence-electron chi connectivity index (χ3n) is 4.04. The monoisotopic (exact) mass is 430 g/mol. The van der Waals surface area contributed by atoms with Gasteiger partial charge in [0.1, 0.15) is 5.82 Å². The van der Waals surface area contributed by atoms with Crippen molar-refractivity contribution < 1.29 is 0 Å². The van der Waals surface area contributed by atoms with Gasteiger partial charge < -0.3 is 14.9 Å². The maximum absolute atomic E-state index is 12.5. The first-order valence-corrected chi connectivity index (χ1v) is 8.60. The summed E-state index contributed by atoms with van der Waals surface area (Å²) in [5.41, 5.74) is 4.08. The lowest BCUT2D eigenvalue weighted by Crippen LogP contribution is -2.12. The molecule has 6 heteroatoms. The molecule has 0 spiro atoms. The molecule has 2 aromatic heterocycles. The highest BCUT2D eigenvalue weighted by Crippen LogP contribution is 2.27. The van der Waals surface area contributed by atoms with Crippen molar-refractivity contribution in [1.82, 2.24) is 15.0 Å². The first-order chi connectivity index (χ1) is 11.5. The second-order valence-electron chi connectivity index (χ2n) is 5.90. The van der Waals surface area contributed by atoms with Crippen LogP contribution < -0.4 is 10.5 Å². The van der Waals surface area contributed by atoms with Crippen LogP contribution in [0.1, 0.15) is 0 Å². The highest BCUT2D eigenvalue weighted by atomic mass is 127. The molecular formula is C18H15IN4O. The van der Waals surface area contributed by atoms with E-state index in [0.29, 0.717) is 11.4 Å². The largest absolute Gasteiger partial charge is 0.377 e. The Bertz CT molecular complexity index is 1090. The molecule has 120 valence electrons. The van der Waals surface area contributed by atoms with Gasteiger partial charge in [0.25, 0.3) is 5.56 Å². The standard InChI is InChI=1S/C18H15IN4O/c1-23(2)16-9-15-10(8-12(16)19)7-11(18(24)22-15)17-20-13-5-3-4-6-14(13)21-17/h3-9H,1-2H3,(H,20,21)(H,22,24). The van der Waals surface area contributed by atoms with Crippen LogP contribution in [0.25, 0.3) is 33.3 Å². The molecule has 0 aliphatic heterocycles. The Balaban J connectivity index is 1.94. The normalized spacial score (nSPS) is 11.3. The summed E-state index contributed by atoms with van der Waals surface area (Å²) in [6.45, 7) is 0. The third kappa shape index (κ3) is 2.47. The van der Waals surface area contributed by atoms with Gasteiger partial charge in [-0.2, -0.15) is 0 Å². The van der Waals surface area contributed by atoms with Gasteiger partial charge in [0, 0.05) is 23.1 Å². The Labute approximate surface area is 151 Å². The summed E-state index contributed by atoms with van der Waals surface area (Å²) < 4.78 is 1.13. The second kappa shape index (κ2) is 5.62. The number of nitrogens with one attached hydrogen (secondary N) is 2. The van der Waals surface area contributed by atoms with Crippen LogP contribution in [0.2, 0.25) is 0 Å². The molecule has 2 N–H and O–H groups in total. The molecule has 2 aromatic carbocycles. The van der Waals surface area contributed by atoms with Gasteiger partial charge in [0.15, 0.2) is 0 Å². The highest BCUT2D eigenvalue weighted by Gasteiger charge is 2.12. The Kier molecular flexibility index (Phi) is 3.56. The summed E-state index contributed by atoms with van der Waals surface area (Å²) in [5, 5.41) is 0.986. The van der Waals surface area contributed by atoms with Gasteiger partial charge in [-0.3, -0.25) is 4.79 Å². The minimum atomic E-state index is -0.146. The lowest BCUT2D eigenvalue weighted by Gasteiger charge is -2.15. The fraction of sp³-hybridized carbons (Fsp3) is 0.111. The number of nitrogens with zero attached hydrogens (tertiary/aromatic N) is 2. The number of fused-ring (bicyclic) bond motifs is 2. The van der Waals surface area contributed by atoms with Gasteiger partial charge in [-0.25, -0.2) is 4.98 Å². The number of hydrogen-bond donors (Lipinski definition) is 2. The number of benzene rings is 2. The van der Waals surface area contributed by atoms with Gasteiger partial charge in [-0.05, 0) is 52.9 Å². The molecule has 0 bridgehead atoms. The molecule has 2 heterocycles. The molecule has 0 unspecified atom stereocenters. The molecule has 4 aromatic rings. The second-order valence-corrected chi connectivity index (χ2v) is 7.06. The predicted octanol–water partition coefficient (Wildman–Crippen LogP) is 3.74. The molecule has 5 nitrogen and oxygen atoms in total.